The minimum absolute atomic E-state index is 0.128. The summed E-state index contributed by atoms with van der Waals surface area (Å²) >= 11 is 0. The van der Waals surface area contributed by atoms with E-state index in [1.54, 1.807) is 24.3 Å². The molecule has 2 rings (SSSR count). The quantitative estimate of drug-likeness (QED) is 0.901. The molecule has 2 N–H and O–H groups in total. The molecule has 0 aliphatic rings. The number of carbonyl (C=O) groups is 1. The molecule has 0 aromatic heterocycles. The van der Waals surface area contributed by atoms with Crippen molar-refractivity contribution in [3.8, 4) is 0 Å². The van der Waals surface area contributed by atoms with Crippen molar-refractivity contribution < 1.29 is 18.7 Å². The Balaban J connectivity index is 2.17. The van der Waals surface area contributed by atoms with Crippen LogP contribution in [0.15, 0.2) is 48.5 Å². The second-order valence-electron chi connectivity index (χ2n) is 4.28. The molecule has 0 heterocycles. The van der Waals surface area contributed by atoms with Gasteiger partial charge in [-0.25, -0.2) is 8.78 Å². The second kappa shape index (κ2) is 6.25. The van der Waals surface area contributed by atoms with Gasteiger partial charge in [-0.1, -0.05) is 30.3 Å². The highest BCUT2D eigenvalue weighted by molar-refractivity contribution is 5.94. The molecule has 5 heteroatoms. The van der Waals surface area contributed by atoms with Crippen molar-refractivity contribution in [3.05, 3.63) is 71.3 Å². The maximum absolute atomic E-state index is 13.1. The highest BCUT2D eigenvalue weighted by Crippen LogP contribution is 2.14. The van der Waals surface area contributed by atoms with Gasteiger partial charge in [0.05, 0.1) is 12.6 Å². The fourth-order valence-corrected chi connectivity index (χ4v) is 1.85. The minimum atomic E-state index is -0.824. The number of amides is 1. The molecule has 3 nitrogen and oxygen atoms in total. The Bertz CT molecular complexity index is 582. The van der Waals surface area contributed by atoms with Crippen LogP contribution in [0.4, 0.5) is 8.78 Å². The van der Waals surface area contributed by atoms with Gasteiger partial charge in [-0.3, -0.25) is 4.79 Å². The van der Waals surface area contributed by atoms with Crippen LogP contribution in [0.3, 0.4) is 0 Å². The summed E-state index contributed by atoms with van der Waals surface area (Å²) in [6.07, 6.45) is 0. The van der Waals surface area contributed by atoms with E-state index < -0.39 is 23.6 Å². The standard InChI is InChI=1S/C15H13F2NO2/c16-12-6-11(7-13(17)8-12)15(20)18-14(9-19)10-4-2-1-3-5-10/h1-8,14,19H,9H2,(H,18,20)/t14-/m0/s1. The Morgan fingerprint density at radius 1 is 1.10 bits per heavy atom. The van der Waals surface area contributed by atoms with Crippen molar-refractivity contribution in [1.82, 2.24) is 5.32 Å². The summed E-state index contributed by atoms with van der Waals surface area (Å²) in [7, 11) is 0. The van der Waals surface area contributed by atoms with E-state index in [0.29, 0.717) is 11.6 Å². The van der Waals surface area contributed by atoms with E-state index in [0.717, 1.165) is 12.1 Å². The van der Waals surface area contributed by atoms with E-state index >= 15 is 0 Å². The monoisotopic (exact) mass is 277 g/mol. The van der Waals surface area contributed by atoms with Crippen LogP contribution in [-0.4, -0.2) is 17.6 Å². The van der Waals surface area contributed by atoms with Crippen LogP contribution in [0.2, 0.25) is 0 Å². The smallest absolute Gasteiger partial charge is 0.252 e. The van der Waals surface area contributed by atoms with Gasteiger partial charge >= 0.3 is 0 Å². The normalized spacial score (nSPS) is 11.9. The lowest BCUT2D eigenvalue weighted by atomic mass is 10.1. The fraction of sp³-hybridized carbons (Fsp3) is 0.133. The Hall–Kier alpha value is -2.27. The summed E-state index contributed by atoms with van der Waals surface area (Å²) in [4.78, 5) is 11.9. The minimum Gasteiger partial charge on any atom is -0.394 e. The molecule has 2 aromatic rings. The molecule has 0 aliphatic carbocycles. The summed E-state index contributed by atoms with van der Waals surface area (Å²) in [5.41, 5.74) is 0.581. The van der Waals surface area contributed by atoms with Gasteiger partial charge in [0.25, 0.3) is 5.91 Å². The maximum atomic E-state index is 13.1. The lowest BCUT2D eigenvalue weighted by Crippen LogP contribution is -2.30. The first-order valence-corrected chi connectivity index (χ1v) is 6.03. The Morgan fingerprint density at radius 2 is 1.70 bits per heavy atom. The van der Waals surface area contributed by atoms with Gasteiger partial charge in [-0.15, -0.1) is 0 Å². The van der Waals surface area contributed by atoms with Gasteiger partial charge in [-0.2, -0.15) is 0 Å². The third-order valence-corrected chi connectivity index (χ3v) is 2.81. The Labute approximate surface area is 114 Å². The number of rotatable bonds is 4. The first-order valence-electron chi connectivity index (χ1n) is 6.03. The third kappa shape index (κ3) is 3.39. The number of halogens is 2. The van der Waals surface area contributed by atoms with Gasteiger partial charge in [0.1, 0.15) is 11.6 Å². The highest BCUT2D eigenvalue weighted by Gasteiger charge is 2.15. The summed E-state index contributed by atoms with van der Waals surface area (Å²) in [6, 6.07) is 10.8. The topological polar surface area (TPSA) is 49.3 Å². The number of aliphatic hydroxyl groups excluding tert-OH is 1. The zero-order valence-corrected chi connectivity index (χ0v) is 10.5. The molecule has 0 unspecified atom stereocenters. The first-order chi connectivity index (χ1) is 9.60. The van der Waals surface area contributed by atoms with Gasteiger partial charge in [0.15, 0.2) is 0 Å². The Kier molecular flexibility index (Phi) is 4.42. The van der Waals surface area contributed by atoms with Crippen LogP contribution in [0.25, 0.3) is 0 Å². The van der Waals surface area contributed by atoms with Gasteiger partial charge in [-0.05, 0) is 17.7 Å². The van der Waals surface area contributed by atoms with Crippen molar-refractivity contribution >= 4 is 5.91 Å². The van der Waals surface area contributed by atoms with Crippen LogP contribution in [0.1, 0.15) is 22.0 Å². The number of hydrogen-bond acceptors (Lipinski definition) is 2. The van der Waals surface area contributed by atoms with Crippen LogP contribution in [0, 0.1) is 11.6 Å². The number of benzene rings is 2. The second-order valence-corrected chi connectivity index (χ2v) is 4.28. The number of hydrogen-bond donors (Lipinski definition) is 2. The van der Waals surface area contributed by atoms with Crippen LogP contribution >= 0.6 is 0 Å². The summed E-state index contributed by atoms with van der Waals surface area (Å²) in [6.45, 7) is -0.312. The lowest BCUT2D eigenvalue weighted by Gasteiger charge is -2.16. The van der Waals surface area contributed by atoms with Crippen molar-refractivity contribution in [1.29, 1.82) is 0 Å². The van der Waals surface area contributed by atoms with Crippen molar-refractivity contribution in [3.63, 3.8) is 0 Å². The molecule has 0 radical (unpaired) electrons. The number of aliphatic hydroxyl groups is 1. The first kappa shape index (κ1) is 14.1. The van der Waals surface area contributed by atoms with E-state index in [2.05, 4.69) is 5.32 Å². The molecular weight excluding hydrogens is 264 g/mol. The van der Waals surface area contributed by atoms with Crippen molar-refractivity contribution in [2.45, 2.75) is 6.04 Å². The molecule has 0 saturated carbocycles. The average molecular weight is 277 g/mol. The number of nitrogens with one attached hydrogen (secondary N) is 1. The fourth-order valence-electron chi connectivity index (χ4n) is 1.85. The van der Waals surface area contributed by atoms with E-state index in [4.69, 9.17) is 0 Å². The summed E-state index contributed by atoms with van der Waals surface area (Å²) < 4.78 is 26.1. The number of carbonyl (C=O) groups excluding carboxylic acids is 1. The van der Waals surface area contributed by atoms with Crippen LogP contribution in [-0.2, 0) is 0 Å². The molecule has 0 spiro atoms. The summed E-state index contributed by atoms with van der Waals surface area (Å²) in [5.74, 6) is -2.29. The van der Waals surface area contributed by atoms with Crippen LogP contribution < -0.4 is 5.32 Å². The summed E-state index contributed by atoms with van der Waals surface area (Å²) in [5, 5.41) is 11.9. The zero-order chi connectivity index (χ0) is 14.5. The lowest BCUT2D eigenvalue weighted by molar-refractivity contribution is 0.0915. The molecule has 0 bridgehead atoms. The zero-order valence-electron chi connectivity index (χ0n) is 10.5. The predicted octanol–water partition coefficient (Wildman–Crippen LogP) is 2.43. The molecule has 0 saturated heterocycles. The SMILES string of the molecule is O=C(N[C@@H](CO)c1ccccc1)c1cc(F)cc(F)c1. The molecule has 0 fully saturated rings. The van der Waals surface area contributed by atoms with E-state index in [-0.39, 0.29) is 12.2 Å². The highest BCUT2D eigenvalue weighted by atomic mass is 19.1. The van der Waals surface area contributed by atoms with E-state index in [1.165, 1.54) is 0 Å². The molecule has 1 atom stereocenters. The average Bonchev–Trinajstić information content (AvgIpc) is 2.44. The van der Waals surface area contributed by atoms with Crippen molar-refractivity contribution in [2.75, 3.05) is 6.61 Å². The van der Waals surface area contributed by atoms with E-state index in [9.17, 15) is 18.7 Å². The molecule has 0 aliphatic heterocycles. The largest absolute Gasteiger partial charge is 0.394 e. The molecule has 1 amide bonds. The van der Waals surface area contributed by atoms with Crippen LogP contribution in [0.5, 0.6) is 0 Å². The molecular formula is C15H13F2NO2. The maximum Gasteiger partial charge on any atom is 0.252 e. The molecule has 104 valence electrons. The third-order valence-electron chi connectivity index (χ3n) is 2.81. The Morgan fingerprint density at radius 3 is 2.25 bits per heavy atom. The molecule has 20 heavy (non-hydrogen) atoms. The van der Waals surface area contributed by atoms with Gasteiger partial charge in [0.2, 0.25) is 0 Å². The van der Waals surface area contributed by atoms with E-state index in [1.807, 2.05) is 6.07 Å². The van der Waals surface area contributed by atoms with Gasteiger partial charge < -0.3 is 10.4 Å². The predicted molar refractivity (Wildman–Crippen MR) is 70.1 cm³/mol. The van der Waals surface area contributed by atoms with Crippen molar-refractivity contribution in [2.24, 2.45) is 0 Å². The molecule has 2 aromatic carbocycles. The van der Waals surface area contributed by atoms with Gasteiger partial charge in [0, 0.05) is 11.6 Å².